The lowest BCUT2D eigenvalue weighted by atomic mass is 9.86. The lowest BCUT2D eigenvalue weighted by Gasteiger charge is -2.32. The zero-order valence-corrected chi connectivity index (χ0v) is 18.1. The van der Waals surface area contributed by atoms with E-state index in [2.05, 4.69) is 5.32 Å². The molecule has 1 heterocycles. The monoisotopic (exact) mass is 430 g/mol. The van der Waals surface area contributed by atoms with Crippen LogP contribution >= 0.6 is 0 Å². The van der Waals surface area contributed by atoms with Crippen LogP contribution in [0.5, 0.6) is 0 Å². The van der Waals surface area contributed by atoms with Crippen LogP contribution in [-0.4, -0.2) is 28.8 Å². The Bertz CT molecular complexity index is 1010. The fourth-order valence-electron chi connectivity index (χ4n) is 3.52. The highest BCUT2D eigenvalue weighted by Gasteiger charge is 2.31. The Morgan fingerprint density at radius 1 is 1.06 bits per heavy atom. The second-order valence-electron chi connectivity index (χ2n) is 8.79. The highest BCUT2D eigenvalue weighted by Crippen LogP contribution is 2.34. The molecule has 4 nitrogen and oxygen atoms in total. The normalized spacial score (nSPS) is 13.9. The third-order valence-electron chi connectivity index (χ3n) is 5.09. The van der Waals surface area contributed by atoms with Gasteiger partial charge in [-0.25, -0.2) is 18.2 Å². The van der Waals surface area contributed by atoms with Crippen molar-refractivity contribution in [2.24, 2.45) is 11.1 Å². The van der Waals surface area contributed by atoms with E-state index < -0.39 is 6.17 Å². The minimum absolute atomic E-state index is 0.0733. The Balaban J connectivity index is 2.05. The smallest absolute Gasteiger partial charge is 0.127 e. The van der Waals surface area contributed by atoms with E-state index in [9.17, 15) is 13.2 Å². The average molecular weight is 431 g/mol. The van der Waals surface area contributed by atoms with Crippen molar-refractivity contribution >= 4 is 0 Å². The van der Waals surface area contributed by atoms with Crippen LogP contribution < -0.4 is 11.1 Å². The molecule has 0 aliphatic heterocycles. The number of aromatic nitrogens is 2. The standard InChI is InChI=1S/C24H29F3N4/c1-24(2,3)22(29-13-20(27)12-28)23-30-21(17-7-5-9-19(26)11-17)15-31(23)14-16-6-4-8-18(25)10-16/h4-11,15,20,22,29H,12-14,28H2,1-3H3/t20-,22-/m0/s1. The van der Waals surface area contributed by atoms with Gasteiger partial charge >= 0.3 is 0 Å². The first-order valence-corrected chi connectivity index (χ1v) is 10.3. The Hall–Kier alpha value is -2.64. The lowest BCUT2D eigenvalue weighted by Crippen LogP contribution is -2.39. The summed E-state index contributed by atoms with van der Waals surface area (Å²) in [4.78, 5) is 4.80. The molecule has 0 radical (unpaired) electrons. The predicted molar refractivity (Wildman–Crippen MR) is 117 cm³/mol. The summed E-state index contributed by atoms with van der Waals surface area (Å²) in [7, 11) is 0. The summed E-state index contributed by atoms with van der Waals surface area (Å²) in [6.45, 7) is 6.48. The van der Waals surface area contributed by atoms with Crippen molar-refractivity contribution in [1.82, 2.24) is 14.9 Å². The number of imidazole rings is 1. The molecule has 7 heteroatoms. The van der Waals surface area contributed by atoms with Gasteiger partial charge in [0.15, 0.2) is 0 Å². The van der Waals surface area contributed by atoms with E-state index in [0.717, 1.165) is 5.56 Å². The van der Waals surface area contributed by atoms with Gasteiger partial charge in [0, 0.05) is 31.4 Å². The van der Waals surface area contributed by atoms with Gasteiger partial charge in [0.2, 0.25) is 0 Å². The van der Waals surface area contributed by atoms with Crippen molar-refractivity contribution in [2.75, 3.05) is 13.1 Å². The molecule has 0 amide bonds. The first-order chi connectivity index (χ1) is 14.7. The number of rotatable bonds is 8. The molecule has 0 saturated carbocycles. The molecule has 3 rings (SSSR count). The van der Waals surface area contributed by atoms with Crippen molar-refractivity contribution in [3.05, 3.63) is 77.8 Å². The summed E-state index contributed by atoms with van der Waals surface area (Å²) in [5.74, 6) is -0.00841. The van der Waals surface area contributed by atoms with Gasteiger partial charge in [-0.15, -0.1) is 0 Å². The van der Waals surface area contributed by atoms with E-state index in [1.165, 1.54) is 24.3 Å². The van der Waals surface area contributed by atoms with Gasteiger partial charge in [0.25, 0.3) is 0 Å². The largest absolute Gasteiger partial charge is 0.329 e. The van der Waals surface area contributed by atoms with Crippen LogP contribution in [-0.2, 0) is 6.54 Å². The first kappa shape index (κ1) is 23.0. The molecule has 2 atom stereocenters. The first-order valence-electron chi connectivity index (χ1n) is 10.3. The highest BCUT2D eigenvalue weighted by molar-refractivity contribution is 5.58. The number of hydrogen-bond donors (Lipinski definition) is 2. The number of benzene rings is 2. The predicted octanol–water partition coefficient (Wildman–Crippen LogP) is 4.85. The topological polar surface area (TPSA) is 55.9 Å². The number of nitrogens with zero attached hydrogens (tertiary/aromatic N) is 2. The van der Waals surface area contributed by atoms with Crippen LogP contribution in [0.4, 0.5) is 13.2 Å². The number of nitrogens with one attached hydrogen (secondary N) is 1. The fourth-order valence-corrected chi connectivity index (χ4v) is 3.52. The Kier molecular flexibility index (Phi) is 7.18. The Morgan fingerprint density at radius 3 is 2.35 bits per heavy atom. The number of hydrogen-bond acceptors (Lipinski definition) is 3. The second-order valence-corrected chi connectivity index (χ2v) is 8.79. The molecule has 0 aliphatic rings. The van der Waals surface area contributed by atoms with Crippen LogP contribution in [0.15, 0.2) is 54.7 Å². The van der Waals surface area contributed by atoms with Crippen LogP contribution in [0.1, 0.15) is 38.2 Å². The zero-order chi connectivity index (χ0) is 22.6. The SMILES string of the molecule is CC(C)(C)[C@@H](NC[C@@H](F)CN)c1nc(-c2cccc(F)c2)cn1Cc1cccc(F)c1. The van der Waals surface area contributed by atoms with Crippen molar-refractivity contribution in [3.8, 4) is 11.3 Å². The van der Waals surface area contributed by atoms with Crippen molar-refractivity contribution in [3.63, 3.8) is 0 Å². The molecule has 1 aromatic heterocycles. The summed E-state index contributed by atoms with van der Waals surface area (Å²) >= 11 is 0. The minimum Gasteiger partial charge on any atom is -0.329 e. The van der Waals surface area contributed by atoms with Crippen molar-refractivity contribution in [1.29, 1.82) is 0 Å². The van der Waals surface area contributed by atoms with Gasteiger partial charge < -0.3 is 15.6 Å². The van der Waals surface area contributed by atoms with Crippen LogP contribution in [0.3, 0.4) is 0 Å². The van der Waals surface area contributed by atoms with Gasteiger partial charge in [-0.3, -0.25) is 0 Å². The van der Waals surface area contributed by atoms with Gasteiger partial charge in [-0.1, -0.05) is 45.0 Å². The van der Waals surface area contributed by atoms with E-state index >= 15 is 0 Å². The van der Waals surface area contributed by atoms with Crippen LogP contribution in [0.25, 0.3) is 11.3 Å². The maximum absolute atomic E-state index is 13.9. The van der Waals surface area contributed by atoms with E-state index in [0.29, 0.717) is 23.6 Å². The van der Waals surface area contributed by atoms with Gasteiger partial charge in [0.1, 0.15) is 23.6 Å². The van der Waals surface area contributed by atoms with E-state index in [1.807, 2.05) is 37.6 Å². The molecule has 0 bridgehead atoms. The molecule has 2 aromatic carbocycles. The maximum Gasteiger partial charge on any atom is 0.127 e. The van der Waals surface area contributed by atoms with Crippen LogP contribution in [0.2, 0.25) is 0 Å². The zero-order valence-electron chi connectivity index (χ0n) is 18.1. The molecule has 0 spiro atoms. The quantitative estimate of drug-likeness (QED) is 0.537. The highest BCUT2D eigenvalue weighted by atomic mass is 19.1. The molecule has 3 aromatic rings. The van der Waals surface area contributed by atoms with Crippen molar-refractivity contribution < 1.29 is 13.2 Å². The maximum atomic E-state index is 13.9. The fraction of sp³-hybridized carbons (Fsp3) is 0.375. The van der Waals surface area contributed by atoms with Crippen LogP contribution in [0, 0.1) is 17.0 Å². The number of halogens is 3. The summed E-state index contributed by atoms with van der Waals surface area (Å²) in [6, 6.07) is 12.3. The molecular formula is C24H29F3N4. The van der Waals surface area contributed by atoms with Crippen molar-refractivity contribution in [2.45, 2.75) is 39.5 Å². The Labute approximate surface area is 181 Å². The molecular weight excluding hydrogens is 401 g/mol. The third kappa shape index (κ3) is 5.95. The number of alkyl halides is 1. The van der Waals surface area contributed by atoms with Gasteiger partial charge in [-0.05, 0) is 35.2 Å². The van der Waals surface area contributed by atoms with E-state index in [-0.39, 0.29) is 36.2 Å². The van der Waals surface area contributed by atoms with E-state index in [1.54, 1.807) is 18.2 Å². The van der Waals surface area contributed by atoms with Gasteiger partial charge in [0.05, 0.1) is 11.7 Å². The molecule has 0 saturated heterocycles. The molecule has 166 valence electrons. The number of nitrogens with two attached hydrogens (primary N) is 1. The van der Waals surface area contributed by atoms with Gasteiger partial charge in [-0.2, -0.15) is 0 Å². The second kappa shape index (κ2) is 9.66. The molecule has 31 heavy (non-hydrogen) atoms. The molecule has 0 aliphatic carbocycles. The lowest BCUT2D eigenvalue weighted by molar-refractivity contribution is 0.227. The average Bonchev–Trinajstić information content (AvgIpc) is 3.10. The third-order valence-corrected chi connectivity index (χ3v) is 5.09. The van der Waals surface area contributed by atoms with E-state index in [4.69, 9.17) is 10.7 Å². The molecule has 0 fully saturated rings. The molecule has 3 N–H and O–H groups in total. The summed E-state index contributed by atoms with van der Waals surface area (Å²) in [5, 5.41) is 3.25. The summed E-state index contributed by atoms with van der Waals surface area (Å²) in [5.41, 5.74) is 7.13. The summed E-state index contributed by atoms with van der Waals surface area (Å²) < 4.78 is 43.4. The molecule has 0 unspecified atom stereocenters. The Morgan fingerprint density at radius 2 is 1.74 bits per heavy atom. The summed E-state index contributed by atoms with van der Waals surface area (Å²) in [6.07, 6.45) is 0.643. The minimum atomic E-state index is -1.18.